The van der Waals surface area contributed by atoms with E-state index < -0.39 is 0 Å². The lowest BCUT2D eigenvalue weighted by atomic mass is 9.97. The summed E-state index contributed by atoms with van der Waals surface area (Å²) in [6, 6.07) is 14.2. The summed E-state index contributed by atoms with van der Waals surface area (Å²) in [5.41, 5.74) is 5.15. The van der Waals surface area contributed by atoms with Crippen LogP contribution in [-0.2, 0) is 22.5 Å². The van der Waals surface area contributed by atoms with Gasteiger partial charge in [-0.2, -0.15) is 0 Å². The zero-order valence-corrected chi connectivity index (χ0v) is 18.8. The van der Waals surface area contributed by atoms with Gasteiger partial charge in [0.15, 0.2) is 11.6 Å². The number of para-hydroxylation sites is 2. The van der Waals surface area contributed by atoms with Crippen molar-refractivity contribution in [2.45, 2.75) is 45.9 Å². The molecule has 0 radical (unpaired) electrons. The van der Waals surface area contributed by atoms with Crippen molar-refractivity contribution in [2.75, 3.05) is 34.8 Å². The van der Waals surface area contributed by atoms with E-state index in [1.54, 1.807) is 6.92 Å². The number of morpholine rings is 1. The summed E-state index contributed by atoms with van der Waals surface area (Å²) in [6.07, 6.45) is 1.12. The van der Waals surface area contributed by atoms with Crippen LogP contribution in [0.1, 0.15) is 31.9 Å². The number of benzene rings is 2. The molecule has 0 spiro atoms. The van der Waals surface area contributed by atoms with Crippen LogP contribution in [0, 0.1) is 0 Å². The summed E-state index contributed by atoms with van der Waals surface area (Å²) < 4.78 is 5.96. The molecule has 5 rings (SSSR count). The van der Waals surface area contributed by atoms with Gasteiger partial charge in [-0.3, -0.25) is 4.79 Å². The van der Waals surface area contributed by atoms with E-state index in [2.05, 4.69) is 35.0 Å². The van der Waals surface area contributed by atoms with E-state index in [0.29, 0.717) is 0 Å². The maximum atomic E-state index is 11.6. The Bertz CT molecular complexity index is 1150. The van der Waals surface area contributed by atoms with Crippen molar-refractivity contribution in [3.63, 3.8) is 0 Å². The van der Waals surface area contributed by atoms with Crippen molar-refractivity contribution in [2.24, 2.45) is 0 Å². The second-order valence-electron chi connectivity index (χ2n) is 8.82. The Morgan fingerprint density at radius 1 is 0.969 bits per heavy atom. The number of nitrogens with zero attached hydrogens (tertiary/aromatic N) is 4. The zero-order valence-electron chi connectivity index (χ0n) is 18.8. The topological polar surface area (TPSA) is 70.6 Å². The minimum absolute atomic E-state index is 0.0425. The molecular weight excluding hydrogens is 402 g/mol. The number of hydrogen-bond donors (Lipinski definition) is 1. The third-order valence-corrected chi connectivity index (χ3v) is 6.13. The first-order chi connectivity index (χ1) is 15.5. The van der Waals surface area contributed by atoms with E-state index in [1.165, 1.54) is 11.1 Å². The maximum Gasteiger partial charge on any atom is 0.221 e. The van der Waals surface area contributed by atoms with Gasteiger partial charge in [0, 0.05) is 38.8 Å². The number of amides is 1. The summed E-state index contributed by atoms with van der Waals surface area (Å²) in [4.78, 5) is 26.4. The maximum absolute atomic E-state index is 11.6. The fraction of sp³-hybridized carbons (Fsp3) is 0.400. The highest BCUT2D eigenvalue weighted by molar-refractivity contribution is 5.90. The van der Waals surface area contributed by atoms with Crippen LogP contribution in [0.25, 0.3) is 11.0 Å². The van der Waals surface area contributed by atoms with Crippen LogP contribution in [0.4, 0.5) is 17.3 Å². The van der Waals surface area contributed by atoms with Crippen molar-refractivity contribution < 1.29 is 9.53 Å². The average Bonchev–Trinajstić information content (AvgIpc) is 2.77. The Balaban J connectivity index is 1.54. The molecule has 7 nitrogen and oxygen atoms in total. The van der Waals surface area contributed by atoms with Crippen LogP contribution in [-0.4, -0.2) is 47.7 Å². The van der Waals surface area contributed by atoms with Crippen molar-refractivity contribution in [1.29, 1.82) is 0 Å². The normalized spacial score (nSPS) is 20.8. The number of anilines is 3. The Labute approximate surface area is 188 Å². The van der Waals surface area contributed by atoms with Gasteiger partial charge >= 0.3 is 0 Å². The van der Waals surface area contributed by atoms with Gasteiger partial charge in [-0.15, -0.1) is 0 Å². The summed E-state index contributed by atoms with van der Waals surface area (Å²) in [5, 5.41) is 2.98. The first kappa shape index (κ1) is 20.7. The van der Waals surface area contributed by atoms with E-state index in [0.717, 1.165) is 61.0 Å². The van der Waals surface area contributed by atoms with Crippen LogP contribution in [0.2, 0.25) is 0 Å². The third-order valence-electron chi connectivity index (χ3n) is 6.13. The SMILES string of the molecule is CC(=O)Nc1cccc2c1CCN(c1nc3ccccc3nc1N1C[C@@H](C)O[C@H](C)C1)C2. The Kier molecular flexibility index (Phi) is 5.43. The van der Waals surface area contributed by atoms with Crippen LogP contribution in [0.5, 0.6) is 0 Å². The molecule has 1 N–H and O–H groups in total. The van der Waals surface area contributed by atoms with Crippen LogP contribution in [0.3, 0.4) is 0 Å². The zero-order chi connectivity index (χ0) is 22.2. The summed E-state index contributed by atoms with van der Waals surface area (Å²) in [7, 11) is 0. The third kappa shape index (κ3) is 4.00. The Morgan fingerprint density at radius 3 is 2.28 bits per heavy atom. The van der Waals surface area contributed by atoms with Gasteiger partial charge in [0.2, 0.25) is 5.91 Å². The van der Waals surface area contributed by atoms with Gasteiger partial charge in [-0.05, 0) is 49.6 Å². The summed E-state index contributed by atoms with van der Waals surface area (Å²) in [5.74, 6) is 1.80. The number of aromatic nitrogens is 2. The number of carbonyl (C=O) groups excluding carboxylic acids is 1. The fourth-order valence-electron chi connectivity index (χ4n) is 4.85. The molecule has 1 fully saturated rings. The average molecular weight is 432 g/mol. The molecule has 1 amide bonds. The number of hydrogen-bond acceptors (Lipinski definition) is 6. The predicted octanol–water partition coefficient (Wildman–Crippen LogP) is 3.76. The summed E-state index contributed by atoms with van der Waals surface area (Å²) in [6.45, 7) is 8.91. The van der Waals surface area contributed by atoms with E-state index in [4.69, 9.17) is 14.7 Å². The molecule has 2 aromatic carbocycles. The number of rotatable bonds is 3. The highest BCUT2D eigenvalue weighted by atomic mass is 16.5. The Morgan fingerprint density at radius 2 is 1.62 bits per heavy atom. The molecule has 2 aliphatic rings. The van der Waals surface area contributed by atoms with E-state index in [-0.39, 0.29) is 18.1 Å². The molecule has 2 aliphatic heterocycles. The van der Waals surface area contributed by atoms with Gasteiger partial charge in [0.05, 0.1) is 23.2 Å². The number of carbonyl (C=O) groups is 1. The minimum Gasteiger partial charge on any atom is -0.372 e. The summed E-state index contributed by atoms with van der Waals surface area (Å²) >= 11 is 0. The number of fused-ring (bicyclic) bond motifs is 2. The molecule has 32 heavy (non-hydrogen) atoms. The van der Waals surface area contributed by atoms with Gasteiger partial charge in [-0.25, -0.2) is 9.97 Å². The lowest BCUT2D eigenvalue weighted by molar-refractivity contribution is -0.114. The second kappa shape index (κ2) is 8.39. The molecule has 0 aliphatic carbocycles. The molecule has 2 atom stereocenters. The van der Waals surface area contributed by atoms with Crippen molar-refractivity contribution in [3.05, 3.63) is 53.6 Å². The molecule has 0 saturated carbocycles. The molecule has 3 heterocycles. The van der Waals surface area contributed by atoms with Crippen LogP contribution >= 0.6 is 0 Å². The van der Waals surface area contributed by atoms with Crippen LogP contribution in [0.15, 0.2) is 42.5 Å². The van der Waals surface area contributed by atoms with Gasteiger partial charge in [0.1, 0.15) is 0 Å². The molecule has 1 aromatic heterocycles. The van der Waals surface area contributed by atoms with Crippen molar-refractivity contribution in [3.8, 4) is 0 Å². The molecule has 7 heteroatoms. The van der Waals surface area contributed by atoms with E-state index in [1.807, 2.05) is 36.4 Å². The largest absolute Gasteiger partial charge is 0.372 e. The second-order valence-corrected chi connectivity index (χ2v) is 8.82. The first-order valence-electron chi connectivity index (χ1n) is 11.3. The molecule has 0 unspecified atom stereocenters. The van der Waals surface area contributed by atoms with Crippen LogP contribution < -0.4 is 15.1 Å². The molecule has 3 aromatic rings. The number of nitrogens with one attached hydrogen (secondary N) is 1. The van der Waals surface area contributed by atoms with Gasteiger partial charge in [0.25, 0.3) is 0 Å². The fourth-order valence-corrected chi connectivity index (χ4v) is 4.85. The van der Waals surface area contributed by atoms with Crippen molar-refractivity contribution >= 4 is 34.3 Å². The van der Waals surface area contributed by atoms with Gasteiger partial charge < -0.3 is 19.9 Å². The quantitative estimate of drug-likeness (QED) is 0.681. The lowest BCUT2D eigenvalue weighted by Gasteiger charge is -2.39. The van der Waals surface area contributed by atoms with Crippen molar-refractivity contribution in [1.82, 2.24) is 9.97 Å². The monoisotopic (exact) mass is 431 g/mol. The van der Waals surface area contributed by atoms with E-state index >= 15 is 0 Å². The lowest BCUT2D eigenvalue weighted by Crippen LogP contribution is -2.46. The molecular formula is C25H29N5O2. The molecule has 166 valence electrons. The van der Waals surface area contributed by atoms with E-state index in [9.17, 15) is 4.79 Å². The predicted molar refractivity (Wildman–Crippen MR) is 127 cm³/mol. The minimum atomic E-state index is -0.0425. The standard InChI is InChI=1S/C25H29N5O2/c1-16-13-30(14-17(2)32-16)25-24(27-22-8-4-5-9-23(22)28-25)29-12-11-20-19(15-29)7-6-10-21(20)26-18(3)31/h4-10,16-17H,11-15H2,1-3H3,(H,26,31)/t16-,17-/m1/s1. The smallest absolute Gasteiger partial charge is 0.221 e. The molecule has 0 bridgehead atoms. The Hall–Kier alpha value is -3.19. The molecule has 1 saturated heterocycles. The van der Waals surface area contributed by atoms with Gasteiger partial charge in [-0.1, -0.05) is 24.3 Å². The highest BCUT2D eigenvalue weighted by Gasteiger charge is 2.29. The number of ether oxygens (including phenoxy) is 1. The first-order valence-corrected chi connectivity index (χ1v) is 11.3. The highest BCUT2D eigenvalue weighted by Crippen LogP contribution is 2.35.